The first-order valence-electron chi connectivity index (χ1n) is 4.34. The Morgan fingerprint density at radius 3 is 3.21 bits per heavy atom. The van der Waals surface area contributed by atoms with Crippen LogP contribution in [0, 0.1) is 0 Å². The minimum Gasteiger partial charge on any atom is -0.368 e. The first kappa shape index (κ1) is 10.8. The van der Waals surface area contributed by atoms with Crippen molar-refractivity contribution in [1.29, 1.82) is 0 Å². The zero-order valence-corrected chi connectivity index (χ0v) is 8.64. The third-order valence-corrected chi connectivity index (χ3v) is 1.99. The lowest BCUT2D eigenvalue weighted by molar-refractivity contribution is 1.02. The Hall–Kier alpha value is -1.29. The molecule has 0 aliphatic carbocycles. The van der Waals surface area contributed by atoms with Crippen molar-refractivity contribution in [2.75, 3.05) is 11.9 Å². The Morgan fingerprint density at radius 1 is 1.71 bits per heavy atom. The van der Waals surface area contributed by atoms with E-state index in [0.717, 1.165) is 6.42 Å². The molecule has 1 heterocycles. The van der Waals surface area contributed by atoms with Gasteiger partial charge in [0, 0.05) is 6.54 Å². The van der Waals surface area contributed by atoms with Crippen LogP contribution >= 0.6 is 11.6 Å². The minimum atomic E-state index is -0.324. The summed E-state index contributed by atoms with van der Waals surface area (Å²) in [5, 5.41) is 3.08. The molecule has 1 rings (SSSR count). The number of aromatic amines is 1. The van der Waals surface area contributed by atoms with E-state index in [4.69, 9.17) is 11.6 Å². The van der Waals surface area contributed by atoms with Crippen molar-refractivity contribution in [3.05, 3.63) is 33.9 Å². The van der Waals surface area contributed by atoms with Gasteiger partial charge in [0.15, 0.2) is 5.82 Å². The fraction of sp³-hybridized carbons (Fsp3) is 0.333. The highest BCUT2D eigenvalue weighted by Crippen LogP contribution is 2.11. The average Bonchev–Trinajstić information content (AvgIpc) is 2.19. The smallest absolute Gasteiger partial charge is 0.271 e. The van der Waals surface area contributed by atoms with Crippen molar-refractivity contribution >= 4 is 17.4 Å². The third-order valence-electron chi connectivity index (χ3n) is 1.64. The van der Waals surface area contributed by atoms with Gasteiger partial charge in [-0.1, -0.05) is 23.8 Å². The van der Waals surface area contributed by atoms with E-state index in [1.165, 1.54) is 6.33 Å². The van der Waals surface area contributed by atoms with Crippen molar-refractivity contribution in [2.45, 2.75) is 13.3 Å². The molecule has 0 aliphatic rings. The van der Waals surface area contributed by atoms with Gasteiger partial charge in [0.2, 0.25) is 0 Å². The second kappa shape index (κ2) is 5.44. The van der Waals surface area contributed by atoms with E-state index in [-0.39, 0.29) is 10.6 Å². The minimum absolute atomic E-state index is 0.105. The number of rotatable bonds is 4. The zero-order chi connectivity index (χ0) is 10.4. The van der Waals surface area contributed by atoms with Crippen LogP contribution in [0.5, 0.6) is 0 Å². The number of H-pyrrole nitrogens is 1. The van der Waals surface area contributed by atoms with Crippen LogP contribution in [0.25, 0.3) is 0 Å². The van der Waals surface area contributed by atoms with Crippen LogP contribution in [-0.4, -0.2) is 16.5 Å². The molecule has 4 nitrogen and oxygen atoms in total. The second-order valence-electron chi connectivity index (χ2n) is 2.68. The highest BCUT2D eigenvalue weighted by atomic mass is 35.5. The molecule has 0 radical (unpaired) electrons. The van der Waals surface area contributed by atoms with Crippen LogP contribution in [0.1, 0.15) is 13.3 Å². The number of aromatic nitrogens is 2. The summed E-state index contributed by atoms with van der Waals surface area (Å²) in [6, 6.07) is 0. The normalized spacial score (nSPS) is 10.7. The van der Waals surface area contributed by atoms with Gasteiger partial charge in [-0.2, -0.15) is 0 Å². The number of halogens is 1. The van der Waals surface area contributed by atoms with Gasteiger partial charge in [0.25, 0.3) is 5.56 Å². The van der Waals surface area contributed by atoms with E-state index >= 15 is 0 Å². The van der Waals surface area contributed by atoms with Crippen molar-refractivity contribution in [2.24, 2.45) is 0 Å². The Balaban J connectivity index is 2.59. The lowest BCUT2D eigenvalue weighted by Gasteiger charge is -2.03. The molecule has 5 heteroatoms. The van der Waals surface area contributed by atoms with E-state index < -0.39 is 0 Å². The molecule has 0 fully saturated rings. The summed E-state index contributed by atoms with van der Waals surface area (Å²) in [5.41, 5.74) is -0.324. The van der Waals surface area contributed by atoms with Crippen molar-refractivity contribution in [3.63, 3.8) is 0 Å². The van der Waals surface area contributed by atoms with Gasteiger partial charge in [-0.25, -0.2) is 4.98 Å². The number of nitrogens with zero attached hydrogens (tertiary/aromatic N) is 1. The number of allylic oxidation sites excluding steroid dienone is 1. The summed E-state index contributed by atoms with van der Waals surface area (Å²) in [4.78, 5) is 17.4. The number of hydrogen-bond donors (Lipinski definition) is 2. The van der Waals surface area contributed by atoms with Gasteiger partial charge < -0.3 is 10.3 Å². The van der Waals surface area contributed by atoms with Crippen molar-refractivity contribution in [1.82, 2.24) is 9.97 Å². The van der Waals surface area contributed by atoms with Crippen LogP contribution < -0.4 is 10.9 Å². The molecule has 76 valence electrons. The van der Waals surface area contributed by atoms with E-state index in [1.807, 2.05) is 19.1 Å². The van der Waals surface area contributed by atoms with Gasteiger partial charge in [-0.3, -0.25) is 4.79 Å². The van der Waals surface area contributed by atoms with Crippen LogP contribution in [0.3, 0.4) is 0 Å². The van der Waals surface area contributed by atoms with Crippen LogP contribution in [-0.2, 0) is 0 Å². The summed E-state index contributed by atoms with van der Waals surface area (Å²) in [7, 11) is 0. The standard InChI is InChI=1S/C9H12ClN3O/c1-2-3-4-5-11-8-7(10)9(14)13-6-12-8/h2-3,6H,4-5H2,1H3,(H2,11,12,13,14)/b3-2+. The molecular weight excluding hydrogens is 202 g/mol. The molecule has 0 bridgehead atoms. The molecule has 14 heavy (non-hydrogen) atoms. The maximum absolute atomic E-state index is 11.0. The quantitative estimate of drug-likeness (QED) is 0.592. The second-order valence-corrected chi connectivity index (χ2v) is 3.06. The molecule has 0 atom stereocenters. The molecule has 1 aromatic heterocycles. The van der Waals surface area contributed by atoms with Crippen LogP contribution in [0.15, 0.2) is 23.3 Å². The Labute approximate surface area is 87.0 Å². The predicted molar refractivity (Wildman–Crippen MR) is 57.8 cm³/mol. The van der Waals surface area contributed by atoms with Gasteiger partial charge in [0.1, 0.15) is 5.02 Å². The van der Waals surface area contributed by atoms with E-state index in [2.05, 4.69) is 15.3 Å². The summed E-state index contributed by atoms with van der Waals surface area (Å²) in [6.45, 7) is 2.67. The molecule has 0 aliphatic heterocycles. The zero-order valence-electron chi connectivity index (χ0n) is 7.88. The topological polar surface area (TPSA) is 57.8 Å². The van der Waals surface area contributed by atoms with Crippen LogP contribution in [0.2, 0.25) is 5.02 Å². The Morgan fingerprint density at radius 2 is 2.50 bits per heavy atom. The largest absolute Gasteiger partial charge is 0.368 e. The van der Waals surface area contributed by atoms with E-state index in [0.29, 0.717) is 12.4 Å². The van der Waals surface area contributed by atoms with E-state index in [9.17, 15) is 4.79 Å². The molecule has 0 unspecified atom stereocenters. The fourth-order valence-corrected chi connectivity index (χ4v) is 1.12. The SMILES string of the molecule is C/C=C/CCNc1nc[nH]c(=O)c1Cl. The number of hydrogen-bond acceptors (Lipinski definition) is 3. The fourth-order valence-electron chi connectivity index (χ4n) is 0.947. The van der Waals surface area contributed by atoms with E-state index in [1.54, 1.807) is 0 Å². The van der Waals surface area contributed by atoms with Crippen molar-refractivity contribution in [3.8, 4) is 0 Å². The molecule has 0 saturated heterocycles. The van der Waals surface area contributed by atoms with Gasteiger partial charge in [0.05, 0.1) is 6.33 Å². The molecular formula is C9H12ClN3O. The molecule has 2 N–H and O–H groups in total. The first-order chi connectivity index (χ1) is 6.75. The summed E-state index contributed by atoms with van der Waals surface area (Å²) >= 11 is 5.72. The maximum Gasteiger partial charge on any atom is 0.271 e. The molecule has 0 saturated carbocycles. The van der Waals surface area contributed by atoms with Gasteiger partial charge in [-0.05, 0) is 13.3 Å². The van der Waals surface area contributed by atoms with Gasteiger partial charge >= 0.3 is 0 Å². The lowest BCUT2D eigenvalue weighted by Crippen LogP contribution is -2.12. The monoisotopic (exact) mass is 213 g/mol. The summed E-state index contributed by atoms with van der Waals surface area (Å²) < 4.78 is 0. The first-order valence-corrected chi connectivity index (χ1v) is 4.71. The summed E-state index contributed by atoms with van der Waals surface area (Å²) in [6.07, 6.45) is 6.19. The molecule has 0 spiro atoms. The van der Waals surface area contributed by atoms with Crippen LogP contribution in [0.4, 0.5) is 5.82 Å². The Bertz CT molecular complexity index is 373. The third kappa shape index (κ3) is 2.88. The molecule has 1 aromatic rings. The highest BCUT2D eigenvalue weighted by molar-refractivity contribution is 6.32. The lowest BCUT2D eigenvalue weighted by atomic mass is 10.4. The molecule has 0 aromatic carbocycles. The number of anilines is 1. The summed E-state index contributed by atoms with van der Waals surface area (Å²) in [5.74, 6) is 0.430. The van der Waals surface area contributed by atoms with Crippen molar-refractivity contribution < 1.29 is 0 Å². The predicted octanol–water partition coefficient (Wildman–Crippen LogP) is 1.80. The van der Waals surface area contributed by atoms with Gasteiger partial charge in [-0.15, -0.1) is 0 Å². The maximum atomic E-state index is 11.0. The average molecular weight is 214 g/mol. The number of nitrogens with one attached hydrogen (secondary N) is 2. The molecule has 0 amide bonds. The Kier molecular flexibility index (Phi) is 4.19. The highest BCUT2D eigenvalue weighted by Gasteiger charge is 2.03.